The Morgan fingerprint density at radius 2 is 1.69 bits per heavy atom. The Bertz CT molecular complexity index is 1540. The van der Waals surface area contributed by atoms with Crippen LogP contribution in [0.5, 0.6) is 0 Å². The van der Waals surface area contributed by atoms with E-state index in [1.165, 1.54) is 10.9 Å². The second kappa shape index (κ2) is 8.59. The van der Waals surface area contributed by atoms with Crippen LogP contribution in [-0.2, 0) is 25.5 Å². The Labute approximate surface area is 206 Å². The zero-order valence-electron chi connectivity index (χ0n) is 19.4. The number of rotatable bonds is 4. The summed E-state index contributed by atoms with van der Waals surface area (Å²) < 4.78 is 11.7. The van der Waals surface area contributed by atoms with E-state index in [0.29, 0.717) is 36.3 Å². The number of aromatic nitrogens is 2. The molecule has 0 bridgehead atoms. The number of para-hydroxylation sites is 1. The molecule has 9 nitrogen and oxygen atoms in total. The third-order valence-corrected chi connectivity index (χ3v) is 6.82. The minimum Gasteiger partial charge on any atom is -0.399 e. The minimum atomic E-state index is -1.67. The van der Waals surface area contributed by atoms with Crippen LogP contribution in [0.3, 0.4) is 0 Å². The SMILES string of the molecule is N#Cc1c[nH]c2cccc(N3CCN(CCc4c[nH]c5ccccc45)CC34OC(=O)C=CC(=O)O4)c12. The molecule has 2 aromatic heterocycles. The standard InChI is InChI=1S/C27H23N5O4/c28-14-19-16-30-22-6-3-7-23(26(19)22)32-13-12-31(17-27(32)35-24(33)8-9-25(34)36-27)11-10-18-15-29-21-5-2-1-4-20(18)21/h1-9,15-16,29-30H,10-13,17H2. The number of carbonyl (C=O) groups is 2. The molecule has 0 atom stereocenters. The number of ether oxygens (including phenoxy) is 2. The highest BCUT2D eigenvalue weighted by molar-refractivity contribution is 5.98. The lowest BCUT2D eigenvalue weighted by Gasteiger charge is -2.48. The van der Waals surface area contributed by atoms with Gasteiger partial charge in [0.05, 0.1) is 17.8 Å². The predicted molar refractivity (Wildman–Crippen MR) is 133 cm³/mol. The van der Waals surface area contributed by atoms with Crippen LogP contribution in [0.2, 0.25) is 0 Å². The quantitative estimate of drug-likeness (QED) is 0.430. The molecular weight excluding hydrogens is 458 g/mol. The molecule has 2 aliphatic heterocycles. The Morgan fingerprint density at radius 1 is 0.944 bits per heavy atom. The van der Waals surface area contributed by atoms with Crippen LogP contribution >= 0.6 is 0 Å². The van der Waals surface area contributed by atoms with Crippen molar-refractivity contribution in [1.29, 1.82) is 5.26 Å². The van der Waals surface area contributed by atoms with Crippen molar-refractivity contribution in [2.24, 2.45) is 0 Å². The fourth-order valence-electron chi connectivity index (χ4n) is 5.16. The van der Waals surface area contributed by atoms with Crippen molar-refractivity contribution in [3.63, 3.8) is 0 Å². The van der Waals surface area contributed by atoms with Gasteiger partial charge in [-0.05, 0) is 30.2 Å². The van der Waals surface area contributed by atoms with Gasteiger partial charge in [-0.1, -0.05) is 24.3 Å². The number of H-pyrrole nitrogens is 2. The van der Waals surface area contributed by atoms with Crippen molar-refractivity contribution < 1.29 is 19.1 Å². The molecule has 2 N–H and O–H groups in total. The van der Waals surface area contributed by atoms with Crippen LogP contribution in [0.1, 0.15) is 11.1 Å². The summed E-state index contributed by atoms with van der Waals surface area (Å²) in [5.74, 6) is -2.99. The summed E-state index contributed by atoms with van der Waals surface area (Å²) in [7, 11) is 0. The molecule has 36 heavy (non-hydrogen) atoms. The average molecular weight is 482 g/mol. The van der Waals surface area contributed by atoms with E-state index in [1.807, 2.05) is 42.6 Å². The van der Waals surface area contributed by atoms with Crippen molar-refractivity contribution in [3.8, 4) is 6.07 Å². The van der Waals surface area contributed by atoms with E-state index in [9.17, 15) is 14.9 Å². The normalized spacial score (nSPS) is 17.8. The summed E-state index contributed by atoms with van der Waals surface area (Å²) in [6.45, 7) is 1.91. The fraction of sp³-hybridized carbons (Fsp3) is 0.222. The molecule has 0 aliphatic carbocycles. The lowest BCUT2D eigenvalue weighted by molar-refractivity contribution is -0.231. The van der Waals surface area contributed by atoms with Crippen LogP contribution in [0.15, 0.2) is 67.0 Å². The molecule has 0 unspecified atom stereocenters. The lowest BCUT2D eigenvalue weighted by Crippen LogP contribution is -2.66. The maximum Gasteiger partial charge on any atom is 0.356 e. The summed E-state index contributed by atoms with van der Waals surface area (Å²) in [6.07, 6.45) is 6.59. The number of fused-ring (bicyclic) bond motifs is 2. The number of anilines is 1. The number of hydrogen-bond donors (Lipinski definition) is 2. The van der Waals surface area contributed by atoms with Gasteiger partial charge in [-0.25, -0.2) is 9.59 Å². The van der Waals surface area contributed by atoms with Crippen LogP contribution in [-0.4, -0.2) is 58.9 Å². The number of nitrogens with zero attached hydrogens (tertiary/aromatic N) is 3. The summed E-state index contributed by atoms with van der Waals surface area (Å²) in [5.41, 5.74) is 4.16. The Balaban J connectivity index is 1.34. The van der Waals surface area contributed by atoms with Gasteiger partial charge in [0.1, 0.15) is 6.07 Å². The first-order valence-corrected chi connectivity index (χ1v) is 11.8. The molecule has 180 valence electrons. The predicted octanol–water partition coefficient (Wildman–Crippen LogP) is 3.20. The van der Waals surface area contributed by atoms with Gasteiger partial charge in [-0.3, -0.25) is 9.80 Å². The second-order valence-corrected chi connectivity index (χ2v) is 8.94. The van der Waals surface area contributed by atoms with E-state index < -0.39 is 17.8 Å². The van der Waals surface area contributed by atoms with Gasteiger partial charge in [0.15, 0.2) is 0 Å². The number of esters is 2. The molecule has 9 heteroatoms. The van der Waals surface area contributed by atoms with E-state index in [2.05, 4.69) is 27.0 Å². The number of carbonyl (C=O) groups excluding carboxylic acids is 2. The molecule has 2 aromatic carbocycles. The summed E-state index contributed by atoms with van der Waals surface area (Å²) in [4.78, 5) is 35.5. The second-order valence-electron chi connectivity index (χ2n) is 8.94. The largest absolute Gasteiger partial charge is 0.399 e. The van der Waals surface area contributed by atoms with Gasteiger partial charge in [-0.2, -0.15) is 5.26 Å². The number of nitriles is 1. The van der Waals surface area contributed by atoms with Crippen LogP contribution in [0, 0.1) is 11.3 Å². The smallest absolute Gasteiger partial charge is 0.356 e. The van der Waals surface area contributed by atoms with Gasteiger partial charge in [0.2, 0.25) is 0 Å². The molecule has 4 aromatic rings. The van der Waals surface area contributed by atoms with E-state index in [4.69, 9.17) is 9.47 Å². The third kappa shape index (κ3) is 3.68. The highest BCUT2D eigenvalue weighted by Gasteiger charge is 2.50. The van der Waals surface area contributed by atoms with Crippen LogP contribution in [0.25, 0.3) is 21.8 Å². The summed E-state index contributed by atoms with van der Waals surface area (Å²) in [6, 6.07) is 15.9. The molecular formula is C27H23N5O4. The first-order valence-electron chi connectivity index (χ1n) is 11.8. The molecule has 6 rings (SSSR count). The third-order valence-electron chi connectivity index (χ3n) is 6.82. The number of benzene rings is 2. The number of nitrogens with one attached hydrogen (secondary N) is 2. The van der Waals surface area contributed by atoms with Gasteiger partial charge in [0.25, 0.3) is 0 Å². The Morgan fingerprint density at radius 3 is 2.50 bits per heavy atom. The monoisotopic (exact) mass is 481 g/mol. The van der Waals surface area contributed by atoms with E-state index in [0.717, 1.165) is 29.6 Å². The van der Waals surface area contributed by atoms with Crippen molar-refractivity contribution in [3.05, 3.63) is 78.1 Å². The van der Waals surface area contributed by atoms with E-state index in [1.54, 1.807) is 11.1 Å². The zero-order chi connectivity index (χ0) is 24.7. The van der Waals surface area contributed by atoms with E-state index >= 15 is 0 Å². The van der Waals surface area contributed by atoms with Gasteiger partial charge < -0.3 is 19.4 Å². The molecule has 2 aliphatic rings. The molecule has 0 saturated carbocycles. The highest BCUT2D eigenvalue weighted by atomic mass is 16.8. The van der Waals surface area contributed by atoms with Gasteiger partial charge >= 0.3 is 17.8 Å². The van der Waals surface area contributed by atoms with Gasteiger partial charge in [0, 0.05) is 66.0 Å². The first kappa shape index (κ1) is 21.9. The van der Waals surface area contributed by atoms with Crippen molar-refractivity contribution in [2.75, 3.05) is 31.1 Å². The van der Waals surface area contributed by atoms with Gasteiger partial charge in [-0.15, -0.1) is 0 Å². The maximum atomic E-state index is 12.6. The molecule has 0 radical (unpaired) electrons. The average Bonchev–Trinajstić information content (AvgIpc) is 3.47. The molecule has 1 fully saturated rings. The number of piperazine rings is 1. The summed E-state index contributed by atoms with van der Waals surface area (Å²) >= 11 is 0. The van der Waals surface area contributed by atoms with Crippen LogP contribution < -0.4 is 4.90 Å². The highest BCUT2D eigenvalue weighted by Crippen LogP contribution is 2.38. The first-order chi connectivity index (χ1) is 17.6. The number of hydrogen-bond acceptors (Lipinski definition) is 7. The molecule has 4 heterocycles. The molecule has 0 amide bonds. The summed E-state index contributed by atoms with van der Waals surface area (Å²) in [5, 5.41) is 11.5. The van der Waals surface area contributed by atoms with Crippen molar-refractivity contribution in [2.45, 2.75) is 12.3 Å². The lowest BCUT2D eigenvalue weighted by atomic mass is 10.1. The number of aromatic amines is 2. The fourth-order valence-corrected chi connectivity index (χ4v) is 5.16. The van der Waals surface area contributed by atoms with Crippen molar-refractivity contribution in [1.82, 2.24) is 14.9 Å². The van der Waals surface area contributed by atoms with E-state index in [-0.39, 0.29) is 6.54 Å². The zero-order valence-corrected chi connectivity index (χ0v) is 19.4. The molecule has 1 saturated heterocycles. The topological polar surface area (TPSA) is 114 Å². The minimum absolute atomic E-state index is 0.164. The Kier molecular flexibility index (Phi) is 5.24. The van der Waals surface area contributed by atoms with Crippen molar-refractivity contribution >= 4 is 39.4 Å². The Hall–Kier alpha value is -4.55. The van der Waals surface area contributed by atoms with Crippen LogP contribution in [0.4, 0.5) is 5.69 Å². The molecule has 1 spiro atoms. The maximum absolute atomic E-state index is 12.6.